The van der Waals surface area contributed by atoms with Gasteiger partial charge in [0, 0.05) is 25.0 Å². The predicted molar refractivity (Wildman–Crippen MR) is 58.9 cm³/mol. The van der Waals surface area contributed by atoms with Crippen molar-refractivity contribution in [1.29, 1.82) is 0 Å². The first-order valence-corrected chi connectivity index (χ1v) is 5.34. The van der Waals surface area contributed by atoms with Crippen LogP contribution < -0.4 is 5.32 Å². The lowest BCUT2D eigenvalue weighted by Crippen LogP contribution is -2.53. The summed E-state index contributed by atoms with van der Waals surface area (Å²) in [6.45, 7) is 3.04. The van der Waals surface area contributed by atoms with Crippen LogP contribution in [0.15, 0.2) is 5.11 Å². The molecule has 0 bridgehead atoms. The van der Waals surface area contributed by atoms with E-state index in [9.17, 15) is 4.79 Å². The number of carbonyl (C=O) groups excluding carboxylic acids is 1. The molecular formula is C9H17N5O2. The largest absolute Gasteiger partial charge is 0.378 e. The SMILES string of the molecule is CNC(=O)C1COCCN1CCCN=[N+]=[N-]. The van der Waals surface area contributed by atoms with Gasteiger partial charge >= 0.3 is 0 Å². The van der Waals surface area contributed by atoms with Crippen molar-refractivity contribution in [3.8, 4) is 0 Å². The van der Waals surface area contributed by atoms with Gasteiger partial charge in [-0.2, -0.15) is 0 Å². The van der Waals surface area contributed by atoms with Crippen molar-refractivity contribution in [3.63, 3.8) is 0 Å². The average Bonchev–Trinajstić information content (AvgIpc) is 2.34. The second kappa shape index (κ2) is 7.05. The molecule has 1 aliphatic heterocycles. The van der Waals surface area contributed by atoms with Crippen LogP contribution in [0, 0.1) is 0 Å². The van der Waals surface area contributed by atoms with Crippen molar-refractivity contribution in [2.75, 3.05) is 39.9 Å². The van der Waals surface area contributed by atoms with Crippen LogP contribution in [0.2, 0.25) is 0 Å². The lowest BCUT2D eigenvalue weighted by Gasteiger charge is -2.34. The van der Waals surface area contributed by atoms with Crippen LogP contribution in [-0.4, -0.2) is 56.7 Å². The van der Waals surface area contributed by atoms with E-state index in [0.717, 1.165) is 19.5 Å². The lowest BCUT2D eigenvalue weighted by molar-refractivity contribution is -0.132. The van der Waals surface area contributed by atoms with Crippen LogP contribution in [0.25, 0.3) is 10.4 Å². The van der Waals surface area contributed by atoms with Crippen molar-refractivity contribution in [3.05, 3.63) is 10.4 Å². The number of hydrogen-bond donors (Lipinski definition) is 1. The summed E-state index contributed by atoms with van der Waals surface area (Å²) in [4.78, 5) is 16.3. The molecule has 1 N–H and O–H groups in total. The molecule has 90 valence electrons. The molecule has 16 heavy (non-hydrogen) atoms. The van der Waals surface area contributed by atoms with Gasteiger partial charge in [0.25, 0.3) is 0 Å². The fourth-order valence-corrected chi connectivity index (χ4v) is 1.70. The third-order valence-electron chi connectivity index (χ3n) is 2.56. The second-order valence-electron chi connectivity index (χ2n) is 3.55. The monoisotopic (exact) mass is 227 g/mol. The van der Waals surface area contributed by atoms with Crippen molar-refractivity contribution < 1.29 is 9.53 Å². The summed E-state index contributed by atoms with van der Waals surface area (Å²) in [6, 6.07) is -0.218. The smallest absolute Gasteiger partial charge is 0.239 e. The minimum atomic E-state index is -0.218. The van der Waals surface area contributed by atoms with Gasteiger partial charge in [0.15, 0.2) is 0 Å². The molecule has 0 aromatic rings. The van der Waals surface area contributed by atoms with Crippen LogP contribution in [0.1, 0.15) is 6.42 Å². The zero-order valence-corrected chi connectivity index (χ0v) is 9.43. The van der Waals surface area contributed by atoms with Crippen molar-refractivity contribution in [2.24, 2.45) is 5.11 Å². The topological polar surface area (TPSA) is 90.3 Å². The third kappa shape index (κ3) is 3.69. The third-order valence-corrected chi connectivity index (χ3v) is 2.56. The molecule has 0 saturated carbocycles. The van der Waals surface area contributed by atoms with E-state index in [1.54, 1.807) is 7.05 Å². The van der Waals surface area contributed by atoms with Crippen LogP contribution >= 0.6 is 0 Å². The molecular weight excluding hydrogens is 210 g/mol. The van der Waals surface area contributed by atoms with Gasteiger partial charge in [-0.25, -0.2) is 0 Å². The predicted octanol–water partition coefficient (Wildman–Crippen LogP) is 0.134. The van der Waals surface area contributed by atoms with Gasteiger partial charge in [0.2, 0.25) is 5.91 Å². The van der Waals surface area contributed by atoms with Crippen molar-refractivity contribution >= 4 is 5.91 Å². The molecule has 0 spiro atoms. The standard InChI is InChI=1S/C9H17N5O2/c1-11-9(15)8-7-16-6-5-14(8)4-2-3-12-13-10/h8H,2-7H2,1H3,(H,11,15). The first kappa shape index (κ1) is 12.8. The minimum Gasteiger partial charge on any atom is -0.378 e. The molecule has 0 aliphatic carbocycles. The van der Waals surface area contributed by atoms with Crippen LogP contribution in [0.4, 0.5) is 0 Å². The normalized spacial score (nSPS) is 21.2. The molecule has 0 aromatic heterocycles. The number of hydrogen-bond acceptors (Lipinski definition) is 4. The number of carbonyl (C=O) groups is 1. The molecule has 1 fully saturated rings. The van der Waals surface area contributed by atoms with E-state index in [2.05, 4.69) is 20.2 Å². The summed E-state index contributed by atoms with van der Waals surface area (Å²) < 4.78 is 5.28. The average molecular weight is 227 g/mol. The summed E-state index contributed by atoms with van der Waals surface area (Å²) in [5.41, 5.74) is 8.14. The Morgan fingerprint density at radius 1 is 1.75 bits per heavy atom. The van der Waals surface area contributed by atoms with Gasteiger partial charge in [0.1, 0.15) is 6.04 Å². The van der Waals surface area contributed by atoms with Crippen LogP contribution in [-0.2, 0) is 9.53 Å². The van der Waals surface area contributed by atoms with Crippen molar-refractivity contribution in [2.45, 2.75) is 12.5 Å². The number of rotatable bonds is 5. The van der Waals surface area contributed by atoms with E-state index in [1.807, 2.05) is 0 Å². The maximum atomic E-state index is 11.6. The number of nitrogens with zero attached hydrogens (tertiary/aromatic N) is 4. The van der Waals surface area contributed by atoms with Gasteiger partial charge in [-0.1, -0.05) is 5.11 Å². The summed E-state index contributed by atoms with van der Waals surface area (Å²) in [7, 11) is 1.62. The summed E-state index contributed by atoms with van der Waals surface area (Å²) in [5.74, 6) is -0.0246. The molecule has 1 aliphatic rings. The Bertz CT molecular complexity index is 277. The van der Waals surface area contributed by atoms with Gasteiger partial charge < -0.3 is 10.1 Å². The van der Waals surface area contributed by atoms with Gasteiger partial charge in [-0.3, -0.25) is 9.69 Å². The maximum Gasteiger partial charge on any atom is 0.239 e. The number of nitrogens with one attached hydrogen (secondary N) is 1. The van der Waals surface area contributed by atoms with E-state index >= 15 is 0 Å². The first-order chi connectivity index (χ1) is 7.79. The Kier molecular flexibility index (Phi) is 5.63. The van der Waals surface area contributed by atoms with Crippen LogP contribution in [0.3, 0.4) is 0 Å². The molecule has 7 heteroatoms. The van der Waals surface area contributed by atoms with E-state index in [4.69, 9.17) is 10.3 Å². The lowest BCUT2D eigenvalue weighted by atomic mass is 10.2. The fourth-order valence-electron chi connectivity index (χ4n) is 1.70. The number of morpholine rings is 1. The number of amides is 1. The van der Waals surface area contributed by atoms with E-state index in [1.165, 1.54) is 0 Å². The maximum absolute atomic E-state index is 11.6. The Morgan fingerprint density at radius 3 is 3.25 bits per heavy atom. The zero-order valence-electron chi connectivity index (χ0n) is 9.43. The van der Waals surface area contributed by atoms with Gasteiger partial charge in [-0.15, -0.1) is 0 Å². The highest BCUT2D eigenvalue weighted by Gasteiger charge is 2.27. The molecule has 1 atom stereocenters. The van der Waals surface area contributed by atoms with E-state index < -0.39 is 0 Å². The summed E-state index contributed by atoms with van der Waals surface area (Å²) >= 11 is 0. The Balaban J connectivity index is 2.40. The Morgan fingerprint density at radius 2 is 2.56 bits per heavy atom. The van der Waals surface area contributed by atoms with E-state index in [0.29, 0.717) is 19.8 Å². The Labute approximate surface area is 94.4 Å². The molecule has 1 rings (SSSR count). The molecule has 0 aromatic carbocycles. The van der Waals surface area contributed by atoms with Gasteiger partial charge in [0.05, 0.1) is 13.2 Å². The highest BCUT2D eigenvalue weighted by molar-refractivity contribution is 5.81. The molecule has 1 saturated heterocycles. The fraction of sp³-hybridized carbons (Fsp3) is 0.889. The second-order valence-corrected chi connectivity index (χ2v) is 3.55. The number of likely N-dealkylation sites (N-methyl/N-ethyl adjacent to an activating group) is 1. The molecule has 1 unspecified atom stereocenters. The van der Waals surface area contributed by atoms with E-state index in [-0.39, 0.29) is 11.9 Å². The number of ether oxygens (including phenoxy) is 1. The van der Waals surface area contributed by atoms with Crippen LogP contribution in [0.5, 0.6) is 0 Å². The molecule has 1 amide bonds. The highest BCUT2D eigenvalue weighted by Crippen LogP contribution is 2.07. The number of azide groups is 1. The highest BCUT2D eigenvalue weighted by atomic mass is 16.5. The van der Waals surface area contributed by atoms with Gasteiger partial charge in [-0.05, 0) is 18.5 Å². The van der Waals surface area contributed by atoms with Crippen molar-refractivity contribution in [1.82, 2.24) is 10.2 Å². The zero-order chi connectivity index (χ0) is 11.8. The Hall–Kier alpha value is -1.30. The first-order valence-electron chi connectivity index (χ1n) is 5.34. The molecule has 1 heterocycles. The quantitative estimate of drug-likeness (QED) is 0.313. The molecule has 0 radical (unpaired) electrons. The summed E-state index contributed by atoms with van der Waals surface area (Å²) in [6.07, 6.45) is 0.761. The molecule has 7 nitrogen and oxygen atoms in total. The minimum absolute atomic E-state index is 0.0246. The summed E-state index contributed by atoms with van der Waals surface area (Å²) in [5, 5.41) is 6.09.